The second-order valence-corrected chi connectivity index (χ2v) is 11.5. The van der Waals surface area contributed by atoms with Crippen LogP contribution in [0.2, 0.25) is 0 Å². The van der Waals surface area contributed by atoms with Crippen molar-refractivity contribution in [2.75, 3.05) is 0 Å². The van der Waals surface area contributed by atoms with Gasteiger partial charge in [-0.2, -0.15) is 0 Å². The van der Waals surface area contributed by atoms with Crippen molar-refractivity contribution >= 4 is 43.1 Å². The van der Waals surface area contributed by atoms with Crippen molar-refractivity contribution in [3.05, 3.63) is 121 Å². The molecule has 40 heavy (non-hydrogen) atoms. The van der Waals surface area contributed by atoms with E-state index in [1.807, 2.05) is 12.4 Å². The van der Waals surface area contributed by atoms with Crippen LogP contribution in [0, 0.1) is 0 Å². The van der Waals surface area contributed by atoms with Crippen molar-refractivity contribution in [1.82, 2.24) is 9.97 Å². The van der Waals surface area contributed by atoms with E-state index in [-0.39, 0.29) is 0 Å². The fraction of sp³-hybridized carbons (Fsp3) is 0.158. The molecule has 0 aliphatic rings. The molecule has 0 saturated carbocycles. The molecule has 0 amide bonds. The number of aromatic nitrogens is 2. The van der Waals surface area contributed by atoms with Crippen LogP contribution in [0.25, 0.3) is 65.6 Å². The molecular formula is C38H32N2. The fourth-order valence-corrected chi connectivity index (χ4v) is 6.02. The number of benzene rings is 5. The monoisotopic (exact) mass is 516 g/mol. The highest BCUT2D eigenvalue weighted by atomic mass is 14.7. The minimum Gasteiger partial charge on any atom is -0.256 e. The summed E-state index contributed by atoms with van der Waals surface area (Å²) in [6.45, 7) is 9.06. The molecule has 0 atom stereocenters. The number of nitrogens with zero attached hydrogens (tertiary/aromatic N) is 2. The number of pyridine rings is 2. The molecule has 0 fully saturated rings. The summed E-state index contributed by atoms with van der Waals surface area (Å²) in [5.41, 5.74) is 7.15. The molecule has 0 aliphatic carbocycles. The Morgan fingerprint density at radius 3 is 1.80 bits per heavy atom. The standard InChI is InChI=1S/C38H32N2/c1-23(2)28-20-29(24(3)4)22-30(21-28)38-36-14-13-33-31-11-10-27(37-32-8-6-5-7-25(32)15-17-39-37)19-26(31)9-12-34(33)35(36)16-18-40-38/h5-24H,1-4H3. The zero-order valence-electron chi connectivity index (χ0n) is 23.4. The zero-order chi connectivity index (χ0) is 27.4. The predicted molar refractivity (Wildman–Crippen MR) is 171 cm³/mol. The number of hydrogen-bond donors (Lipinski definition) is 0. The molecule has 0 unspecified atom stereocenters. The van der Waals surface area contributed by atoms with Crippen molar-refractivity contribution in [3.8, 4) is 22.5 Å². The predicted octanol–water partition coefficient (Wildman–Crippen LogP) is 10.7. The Labute approximate surface area is 235 Å². The van der Waals surface area contributed by atoms with Crippen LogP contribution in [0.4, 0.5) is 0 Å². The van der Waals surface area contributed by atoms with E-state index in [0.717, 1.165) is 17.0 Å². The summed E-state index contributed by atoms with van der Waals surface area (Å²) in [5.74, 6) is 0.933. The Morgan fingerprint density at radius 1 is 0.425 bits per heavy atom. The van der Waals surface area contributed by atoms with Gasteiger partial charge < -0.3 is 0 Å². The molecule has 194 valence electrons. The Kier molecular flexibility index (Phi) is 5.86. The van der Waals surface area contributed by atoms with Gasteiger partial charge in [-0.15, -0.1) is 0 Å². The van der Waals surface area contributed by atoms with Gasteiger partial charge >= 0.3 is 0 Å². The van der Waals surface area contributed by atoms with E-state index in [4.69, 9.17) is 9.97 Å². The lowest BCUT2D eigenvalue weighted by Gasteiger charge is -2.16. The van der Waals surface area contributed by atoms with Gasteiger partial charge in [0.2, 0.25) is 0 Å². The van der Waals surface area contributed by atoms with E-state index in [2.05, 4.69) is 125 Å². The second kappa shape index (κ2) is 9.57. The van der Waals surface area contributed by atoms with Gasteiger partial charge in [-0.3, -0.25) is 9.97 Å². The van der Waals surface area contributed by atoms with Gasteiger partial charge in [0.25, 0.3) is 0 Å². The molecule has 2 heterocycles. The number of hydrogen-bond acceptors (Lipinski definition) is 2. The van der Waals surface area contributed by atoms with Crippen LogP contribution >= 0.6 is 0 Å². The largest absolute Gasteiger partial charge is 0.256 e. The van der Waals surface area contributed by atoms with E-state index in [0.29, 0.717) is 11.8 Å². The lowest BCUT2D eigenvalue weighted by atomic mass is 9.90. The first kappa shape index (κ1) is 24.5. The summed E-state index contributed by atoms with van der Waals surface area (Å²) in [4.78, 5) is 9.66. The van der Waals surface area contributed by atoms with Crippen molar-refractivity contribution in [2.24, 2.45) is 0 Å². The zero-order valence-corrected chi connectivity index (χ0v) is 23.4. The summed E-state index contributed by atoms with van der Waals surface area (Å²) in [7, 11) is 0. The Hall–Kier alpha value is -4.56. The second-order valence-electron chi connectivity index (χ2n) is 11.5. The van der Waals surface area contributed by atoms with Crippen LogP contribution in [0.3, 0.4) is 0 Å². The molecule has 7 aromatic rings. The lowest BCUT2D eigenvalue weighted by molar-refractivity contribution is 0.834. The molecule has 2 aromatic heterocycles. The number of rotatable bonds is 4. The van der Waals surface area contributed by atoms with Gasteiger partial charge in [-0.05, 0) is 85.6 Å². The fourth-order valence-electron chi connectivity index (χ4n) is 6.02. The first-order valence-corrected chi connectivity index (χ1v) is 14.2. The molecular weight excluding hydrogens is 484 g/mol. The van der Waals surface area contributed by atoms with E-state index in [1.54, 1.807) is 0 Å². The van der Waals surface area contributed by atoms with Gasteiger partial charge in [0.1, 0.15) is 0 Å². The highest BCUT2D eigenvalue weighted by Gasteiger charge is 2.14. The molecule has 2 nitrogen and oxygen atoms in total. The third-order valence-electron chi connectivity index (χ3n) is 8.29. The highest BCUT2D eigenvalue weighted by molar-refractivity contribution is 6.19. The van der Waals surface area contributed by atoms with Crippen LogP contribution in [-0.2, 0) is 0 Å². The highest BCUT2D eigenvalue weighted by Crippen LogP contribution is 2.38. The molecule has 0 radical (unpaired) electrons. The molecule has 0 spiro atoms. The summed E-state index contributed by atoms with van der Waals surface area (Å²) in [6.07, 6.45) is 3.87. The smallest absolute Gasteiger partial charge is 0.0780 e. The first-order chi connectivity index (χ1) is 19.5. The van der Waals surface area contributed by atoms with Crippen LogP contribution < -0.4 is 0 Å². The van der Waals surface area contributed by atoms with Gasteiger partial charge in [-0.1, -0.05) is 94.4 Å². The summed E-state index contributed by atoms with van der Waals surface area (Å²) < 4.78 is 0. The quantitative estimate of drug-likeness (QED) is 0.217. The topological polar surface area (TPSA) is 25.8 Å². The van der Waals surface area contributed by atoms with Gasteiger partial charge in [0.15, 0.2) is 0 Å². The Morgan fingerprint density at radius 2 is 1.02 bits per heavy atom. The van der Waals surface area contributed by atoms with Gasteiger partial charge in [-0.25, -0.2) is 0 Å². The molecule has 0 aliphatic heterocycles. The molecule has 7 rings (SSSR count). The molecule has 0 N–H and O–H groups in total. The van der Waals surface area contributed by atoms with E-state index in [1.165, 1.54) is 59.8 Å². The van der Waals surface area contributed by atoms with Crippen molar-refractivity contribution in [3.63, 3.8) is 0 Å². The van der Waals surface area contributed by atoms with Crippen LogP contribution in [0.15, 0.2) is 109 Å². The Bertz CT molecular complexity index is 2040. The lowest BCUT2D eigenvalue weighted by Crippen LogP contribution is -1.96. The van der Waals surface area contributed by atoms with Crippen LogP contribution in [-0.4, -0.2) is 9.97 Å². The average molecular weight is 517 g/mol. The summed E-state index contributed by atoms with van der Waals surface area (Å²) in [5, 5.41) is 9.82. The van der Waals surface area contributed by atoms with E-state index < -0.39 is 0 Å². The maximum Gasteiger partial charge on any atom is 0.0780 e. The van der Waals surface area contributed by atoms with Gasteiger partial charge in [0, 0.05) is 34.3 Å². The maximum atomic E-state index is 4.91. The Balaban J connectivity index is 1.40. The minimum absolute atomic E-state index is 0.466. The normalized spacial score (nSPS) is 11.9. The summed E-state index contributed by atoms with van der Waals surface area (Å²) >= 11 is 0. The van der Waals surface area contributed by atoms with E-state index >= 15 is 0 Å². The summed E-state index contributed by atoms with van der Waals surface area (Å²) in [6, 6.07) is 35.5. The third kappa shape index (κ3) is 4.03. The first-order valence-electron chi connectivity index (χ1n) is 14.2. The van der Waals surface area contributed by atoms with Crippen molar-refractivity contribution in [1.29, 1.82) is 0 Å². The third-order valence-corrected chi connectivity index (χ3v) is 8.29. The molecule has 0 bridgehead atoms. The van der Waals surface area contributed by atoms with Crippen LogP contribution in [0.5, 0.6) is 0 Å². The minimum atomic E-state index is 0.466. The molecule has 2 heteroatoms. The van der Waals surface area contributed by atoms with Crippen molar-refractivity contribution < 1.29 is 0 Å². The molecule has 5 aromatic carbocycles. The van der Waals surface area contributed by atoms with Crippen LogP contribution in [0.1, 0.15) is 50.7 Å². The average Bonchev–Trinajstić information content (AvgIpc) is 2.99. The SMILES string of the molecule is CC(C)c1cc(-c2nccc3c2ccc2c4ccc(-c5nccc6ccccc56)cc4ccc32)cc(C(C)C)c1. The molecule has 0 saturated heterocycles. The van der Waals surface area contributed by atoms with E-state index in [9.17, 15) is 0 Å². The number of fused-ring (bicyclic) bond motifs is 6. The van der Waals surface area contributed by atoms with Crippen molar-refractivity contribution in [2.45, 2.75) is 39.5 Å². The maximum absolute atomic E-state index is 4.91. The van der Waals surface area contributed by atoms with Gasteiger partial charge in [0.05, 0.1) is 11.4 Å².